The molecule has 172 valence electrons. The summed E-state index contributed by atoms with van der Waals surface area (Å²) in [5, 5.41) is 6.73. The Labute approximate surface area is 206 Å². The zero-order valence-electron chi connectivity index (χ0n) is 18.6. The van der Waals surface area contributed by atoms with Gasteiger partial charge < -0.3 is 15.5 Å². The van der Waals surface area contributed by atoms with E-state index in [-0.39, 0.29) is 41.1 Å². The molecule has 2 aromatic carbocycles. The van der Waals surface area contributed by atoms with Crippen molar-refractivity contribution in [1.29, 1.82) is 0 Å². The zero-order chi connectivity index (χ0) is 21.7. The van der Waals surface area contributed by atoms with Crippen LogP contribution in [0.4, 0.5) is 4.39 Å². The van der Waals surface area contributed by atoms with Crippen molar-refractivity contribution in [1.82, 2.24) is 15.5 Å². The van der Waals surface area contributed by atoms with Gasteiger partial charge in [-0.1, -0.05) is 42.5 Å². The Balaban J connectivity index is 0.00000289. The summed E-state index contributed by atoms with van der Waals surface area (Å²) in [6, 6.07) is 15.2. The van der Waals surface area contributed by atoms with E-state index in [0.29, 0.717) is 26.1 Å². The molecule has 0 radical (unpaired) electrons. The molecule has 5 nitrogen and oxygen atoms in total. The molecular weight excluding hydrogens is 518 g/mol. The van der Waals surface area contributed by atoms with E-state index in [0.717, 1.165) is 55.0 Å². The summed E-state index contributed by atoms with van der Waals surface area (Å²) in [5.74, 6) is 0.836. The summed E-state index contributed by atoms with van der Waals surface area (Å²) in [6.45, 7) is 5.45. The Morgan fingerprint density at radius 1 is 1.09 bits per heavy atom. The lowest BCUT2D eigenvalue weighted by Gasteiger charge is -2.20. The molecule has 2 N–H and O–H groups in total. The third-order valence-corrected chi connectivity index (χ3v) is 6.30. The fourth-order valence-corrected chi connectivity index (χ4v) is 4.29. The van der Waals surface area contributed by atoms with Crippen LogP contribution in [0.5, 0.6) is 0 Å². The van der Waals surface area contributed by atoms with Crippen LogP contribution in [0.25, 0.3) is 0 Å². The monoisotopic (exact) mass is 550 g/mol. The standard InChI is InChI=1S/C25H31FN4O.HI/c1-2-27-24(29-18-25(13-14-25)21-10-5-6-11-22(21)26)28-16-19-8-3-4-9-20(19)17-30-15-7-12-23(30)31;/h3-6,8-11H,2,7,12-18H2,1H3,(H2,27,28,29);1H. The number of carbonyl (C=O) groups is 1. The normalized spacial score (nSPS) is 17.1. The highest BCUT2D eigenvalue weighted by atomic mass is 127. The summed E-state index contributed by atoms with van der Waals surface area (Å²) in [5.41, 5.74) is 2.91. The molecule has 0 bridgehead atoms. The van der Waals surface area contributed by atoms with Crippen LogP contribution in [0.2, 0.25) is 0 Å². The molecule has 1 heterocycles. The number of aliphatic imine (C=N–C) groups is 1. The second kappa shape index (κ2) is 11.1. The van der Waals surface area contributed by atoms with Gasteiger partial charge in [-0.2, -0.15) is 0 Å². The van der Waals surface area contributed by atoms with Crippen LogP contribution in [0.1, 0.15) is 49.3 Å². The Bertz CT molecular complexity index is 960. The van der Waals surface area contributed by atoms with Gasteiger partial charge in [0.1, 0.15) is 5.82 Å². The number of benzene rings is 2. The summed E-state index contributed by atoms with van der Waals surface area (Å²) >= 11 is 0. The van der Waals surface area contributed by atoms with Gasteiger partial charge in [0.15, 0.2) is 5.96 Å². The molecule has 1 aliphatic heterocycles. The van der Waals surface area contributed by atoms with E-state index in [1.807, 2.05) is 36.1 Å². The van der Waals surface area contributed by atoms with Gasteiger partial charge in [0.25, 0.3) is 0 Å². The Kier molecular flexibility index (Phi) is 8.51. The number of halogens is 2. The average molecular weight is 550 g/mol. The third kappa shape index (κ3) is 5.79. The van der Waals surface area contributed by atoms with Crippen LogP contribution in [-0.2, 0) is 23.3 Å². The van der Waals surface area contributed by atoms with E-state index in [4.69, 9.17) is 4.99 Å². The highest BCUT2D eigenvalue weighted by Crippen LogP contribution is 2.48. The molecule has 2 aromatic rings. The molecular formula is C25H32FIN4O. The van der Waals surface area contributed by atoms with E-state index in [2.05, 4.69) is 22.8 Å². The molecule has 2 aliphatic rings. The average Bonchev–Trinajstić information content (AvgIpc) is 3.46. The van der Waals surface area contributed by atoms with E-state index < -0.39 is 0 Å². The summed E-state index contributed by atoms with van der Waals surface area (Å²) < 4.78 is 14.3. The van der Waals surface area contributed by atoms with Crippen LogP contribution in [0.15, 0.2) is 53.5 Å². The van der Waals surface area contributed by atoms with Crippen molar-refractivity contribution < 1.29 is 9.18 Å². The van der Waals surface area contributed by atoms with E-state index in [1.165, 1.54) is 6.07 Å². The maximum atomic E-state index is 14.3. The predicted molar refractivity (Wildman–Crippen MR) is 137 cm³/mol. The Morgan fingerprint density at radius 3 is 2.47 bits per heavy atom. The molecule has 1 aliphatic carbocycles. The number of amides is 1. The van der Waals surface area contributed by atoms with Crippen LogP contribution in [0, 0.1) is 5.82 Å². The third-order valence-electron chi connectivity index (χ3n) is 6.30. The minimum Gasteiger partial charge on any atom is -0.357 e. The van der Waals surface area contributed by atoms with Gasteiger partial charge >= 0.3 is 0 Å². The quantitative estimate of drug-likeness (QED) is 0.292. The van der Waals surface area contributed by atoms with E-state index >= 15 is 0 Å². The number of likely N-dealkylation sites (tertiary alicyclic amines) is 1. The molecule has 32 heavy (non-hydrogen) atoms. The maximum Gasteiger partial charge on any atom is 0.222 e. The van der Waals surface area contributed by atoms with Crippen LogP contribution in [-0.4, -0.2) is 36.4 Å². The SMILES string of the molecule is CCNC(=NCc1ccccc1CN1CCCC1=O)NCC1(c2ccccc2F)CC1.I. The number of hydrogen-bond donors (Lipinski definition) is 2. The minimum absolute atomic E-state index is 0. The zero-order valence-corrected chi connectivity index (χ0v) is 20.9. The van der Waals surface area contributed by atoms with Crippen molar-refractivity contribution >= 4 is 35.8 Å². The largest absolute Gasteiger partial charge is 0.357 e. The molecule has 0 atom stereocenters. The van der Waals surface area contributed by atoms with Crippen LogP contribution in [0.3, 0.4) is 0 Å². The first kappa shape index (κ1) is 24.5. The van der Waals surface area contributed by atoms with Crippen molar-refractivity contribution in [3.05, 3.63) is 71.0 Å². The summed E-state index contributed by atoms with van der Waals surface area (Å²) in [6.07, 6.45) is 3.55. The molecule has 2 fully saturated rings. The van der Waals surface area contributed by atoms with Gasteiger partial charge in [0, 0.05) is 38.0 Å². The molecule has 0 unspecified atom stereocenters. The Hall–Kier alpha value is -2.16. The van der Waals surface area contributed by atoms with Crippen molar-refractivity contribution in [3.63, 3.8) is 0 Å². The lowest BCUT2D eigenvalue weighted by molar-refractivity contribution is -0.128. The van der Waals surface area contributed by atoms with Gasteiger partial charge in [-0.25, -0.2) is 9.38 Å². The van der Waals surface area contributed by atoms with Crippen LogP contribution < -0.4 is 10.6 Å². The fraction of sp³-hybridized carbons (Fsp3) is 0.440. The van der Waals surface area contributed by atoms with E-state index in [1.54, 1.807) is 6.07 Å². The molecule has 1 amide bonds. The number of nitrogens with zero attached hydrogens (tertiary/aromatic N) is 2. The van der Waals surface area contributed by atoms with Crippen LogP contribution >= 0.6 is 24.0 Å². The molecule has 0 aromatic heterocycles. The summed E-state index contributed by atoms with van der Waals surface area (Å²) in [4.78, 5) is 18.7. The van der Waals surface area contributed by atoms with Crippen molar-refractivity contribution in [2.24, 2.45) is 4.99 Å². The number of guanidine groups is 1. The van der Waals surface area contributed by atoms with Crippen molar-refractivity contribution in [3.8, 4) is 0 Å². The van der Waals surface area contributed by atoms with E-state index in [9.17, 15) is 9.18 Å². The number of rotatable bonds is 8. The number of carbonyl (C=O) groups excluding carboxylic acids is 1. The van der Waals surface area contributed by atoms with Gasteiger partial charge in [-0.05, 0) is 48.9 Å². The topological polar surface area (TPSA) is 56.7 Å². The molecule has 1 saturated heterocycles. The van der Waals surface area contributed by atoms with Gasteiger partial charge in [0.05, 0.1) is 6.54 Å². The Morgan fingerprint density at radius 2 is 1.81 bits per heavy atom. The van der Waals surface area contributed by atoms with Crippen molar-refractivity contribution in [2.45, 2.75) is 51.1 Å². The number of nitrogens with one attached hydrogen (secondary N) is 2. The molecule has 1 saturated carbocycles. The first-order valence-electron chi connectivity index (χ1n) is 11.2. The minimum atomic E-state index is -0.143. The molecule has 7 heteroatoms. The highest BCUT2D eigenvalue weighted by Gasteiger charge is 2.45. The van der Waals surface area contributed by atoms with Gasteiger partial charge in [-0.15, -0.1) is 24.0 Å². The first-order valence-corrected chi connectivity index (χ1v) is 11.2. The first-order chi connectivity index (χ1) is 15.1. The summed E-state index contributed by atoms with van der Waals surface area (Å²) in [7, 11) is 0. The maximum absolute atomic E-state index is 14.3. The van der Waals surface area contributed by atoms with Gasteiger partial charge in [-0.3, -0.25) is 4.79 Å². The van der Waals surface area contributed by atoms with Gasteiger partial charge in [0.2, 0.25) is 5.91 Å². The highest BCUT2D eigenvalue weighted by molar-refractivity contribution is 14.0. The lowest BCUT2D eigenvalue weighted by Crippen LogP contribution is -2.41. The van der Waals surface area contributed by atoms with Crippen molar-refractivity contribution in [2.75, 3.05) is 19.6 Å². The lowest BCUT2D eigenvalue weighted by atomic mass is 9.95. The predicted octanol–water partition coefficient (Wildman–Crippen LogP) is 4.35. The second-order valence-corrected chi connectivity index (χ2v) is 8.50. The smallest absolute Gasteiger partial charge is 0.222 e. The molecule has 4 rings (SSSR count). The number of hydrogen-bond acceptors (Lipinski definition) is 2. The fourth-order valence-electron chi connectivity index (χ4n) is 4.29. The second-order valence-electron chi connectivity index (χ2n) is 8.50. The molecule has 0 spiro atoms.